The zero-order valence-corrected chi connectivity index (χ0v) is 18.9. The smallest absolute Gasteiger partial charge is 0.0577 e. The molecule has 0 spiro atoms. The van der Waals surface area contributed by atoms with E-state index in [1.54, 1.807) is 5.57 Å². The van der Waals surface area contributed by atoms with Crippen LogP contribution in [0.4, 0.5) is 0 Å². The van der Waals surface area contributed by atoms with E-state index < -0.39 is 0 Å². The Morgan fingerprint density at radius 1 is 1.03 bits per heavy atom. The molecular weight excluding hydrogens is 356 g/mol. The predicted molar refractivity (Wildman–Crippen MR) is 118 cm³/mol. The van der Waals surface area contributed by atoms with E-state index in [0.717, 1.165) is 42.9 Å². The van der Waals surface area contributed by atoms with Crippen molar-refractivity contribution in [3.63, 3.8) is 0 Å². The minimum Gasteiger partial charge on any atom is -0.393 e. The van der Waals surface area contributed by atoms with Crippen molar-refractivity contribution in [3.8, 4) is 0 Å². The Hall–Kier alpha value is -0.340. The minimum absolute atomic E-state index is 0.0204. The van der Waals surface area contributed by atoms with Gasteiger partial charge in [-0.25, -0.2) is 0 Å². The summed E-state index contributed by atoms with van der Waals surface area (Å²) in [6, 6.07) is 0. The summed E-state index contributed by atoms with van der Waals surface area (Å²) in [5.41, 5.74) is 2.51. The van der Waals surface area contributed by atoms with Gasteiger partial charge in [0.25, 0.3) is 0 Å². The largest absolute Gasteiger partial charge is 0.393 e. The average molecular weight is 401 g/mol. The van der Waals surface area contributed by atoms with Crippen molar-refractivity contribution in [2.24, 2.45) is 40.4 Å². The Morgan fingerprint density at radius 3 is 2.62 bits per heavy atom. The molecule has 0 heterocycles. The normalized spacial score (nSPS) is 48.1. The molecule has 5 rings (SSSR count). The average Bonchev–Trinajstić information content (AvgIpc) is 2.97. The van der Waals surface area contributed by atoms with Crippen molar-refractivity contribution in [2.45, 2.75) is 116 Å². The molecule has 2 N–H and O–H groups in total. The Morgan fingerprint density at radius 2 is 1.86 bits per heavy atom. The van der Waals surface area contributed by atoms with Gasteiger partial charge in [0, 0.05) is 0 Å². The first-order valence-corrected chi connectivity index (χ1v) is 13.0. The fourth-order valence-corrected chi connectivity index (χ4v) is 8.86. The monoisotopic (exact) mass is 400 g/mol. The number of hydrogen-bond acceptors (Lipinski definition) is 2. The van der Waals surface area contributed by atoms with Crippen molar-refractivity contribution in [1.29, 1.82) is 0 Å². The highest BCUT2D eigenvalue weighted by atomic mass is 16.3. The van der Waals surface area contributed by atoms with Crippen LogP contribution in [0.25, 0.3) is 0 Å². The molecule has 4 fully saturated rings. The van der Waals surface area contributed by atoms with Crippen molar-refractivity contribution >= 4 is 0 Å². The van der Waals surface area contributed by atoms with Gasteiger partial charge >= 0.3 is 0 Å². The quantitative estimate of drug-likeness (QED) is 0.535. The SMILES string of the molecule is C[C@]12CCC(O)CC1=CC[C@@H]1C2CC[C@@]2(C)C1CC[C@@H]2CCCC(O)C1CCC1. The van der Waals surface area contributed by atoms with E-state index in [1.165, 1.54) is 70.6 Å². The molecule has 0 aromatic rings. The van der Waals surface area contributed by atoms with E-state index in [4.69, 9.17) is 0 Å². The maximum Gasteiger partial charge on any atom is 0.0577 e. The van der Waals surface area contributed by atoms with Gasteiger partial charge in [0.1, 0.15) is 0 Å². The van der Waals surface area contributed by atoms with Crippen LogP contribution in [0.2, 0.25) is 0 Å². The molecule has 29 heavy (non-hydrogen) atoms. The summed E-state index contributed by atoms with van der Waals surface area (Å²) in [4.78, 5) is 0. The predicted octanol–water partition coefficient (Wildman–Crippen LogP) is 6.26. The molecule has 4 saturated carbocycles. The summed E-state index contributed by atoms with van der Waals surface area (Å²) in [5.74, 6) is 4.14. The van der Waals surface area contributed by atoms with Gasteiger partial charge in [-0.15, -0.1) is 0 Å². The summed E-state index contributed by atoms with van der Waals surface area (Å²) in [6.07, 6.45) is 20.0. The van der Waals surface area contributed by atoms with Gasteiger partial charge in [0.05, 0.1) is 12.2 Å². The number of allylic oxidation sites excluding steroid dienone is 1. The van der Waals surface area contributed by atoms with Crippen LogP contribution in [0.5, 0.6) is 0 Å². The van der Waals surface area contributed by atoms with Crippen molar-refractivity contribution < 1.29 is 10.2 Å². The summed E-state index contributed by atoms with van der Waals surface area (Å²) >= 11 is 0. The van der Waals surface area contributed by atoms with Crippen LogP contribution in [0.3, 0.4) is 0 Å². The van der Waals surface area contributed by atoms with E-state index in [9.17, 15) is 10.2 Å². The first kappa shape index (κ1) is 20.6. The number of hydrogen-bond donors (Lipinski definition) is 2. The summed E-state index contributed by atoms with van der Waals surface area (Å²) in [5, 5.41) is 20.6. The molecule has 8 atom stereocenters. The maximum atomic E-state index is 10.4. The molecule has 0 saturated heterocycles. The van der Waals surface area contributed by atoms with E-state index in [2.05, 4.69) is 19.9 Å². The molecular formula is C27H44O2. The van der Waals surface area contributed by atoms with Gasteiger partial charge in [-0.2, -0.15) is 0 Å². The minimum atomic E-state index is -0.0918. The molecule has 0 radical (unpaired) electrons. The highest BCUT2D eigenvalue weighted by molar-refractivity contribution is 5.25. The molecule has 2 heteroatoms. The van der Waals surface area contributed by atoms with E-state index >= 15 is 0 Å². The summed E-state index contributed by atoms with van der Waals surface area (Å²) < 4.78 is 0. The topological polar surface area (TPSA) is 40.5 Å². The maximum absolute atomic E-state index is 10.4. The second-order valence-corrected chi connectivity index (χ2v) is 12.2. The lowest BCUT2D eigenvalue weighted by Crippen LogP contribution is -2.50. The van der Waals surface area contributed by atoms with Crippen LogP contribution in [-0.2, 0) is 0 Å². The molecule has 4 unspecified atom stereocenters. The van der Waals surface area contributed by atoms with Crippen LogP contribution in [0.15, 0.2) is 11.6 Å². The molecule has 5 aliphatic carbocycles. The number of aliphatic hydroxyl groups is 2. The molecule has 2 nitrogen and oxygen atoms in total. The van der Waals surface area contributed by atoms with Gasteiger partial charge in [-0.3, -0.25) is 0 Å². The highest BCUT2D eigenvalue weighted by Crippen LogP contribution is 2.66. The zero-order chi connectivity index (χ0) is 20.2. The summed E-state index contributed by atoms with van der Waals surface area (Å²) in [7, 11) is 0. The van der Waals surface area contributed by atoms with Crippen LogP contribution < -0.4 is 0 Å². The van der Waals surface area contributed by atoms with Gasteiger partial charge in [0.2, 0.25) is 0 Å². The molecule has 0 aromatic heterocycles. The molecule has 0 amide bonds. The third-order valence-electron chi connectivity index (χ3n) is 11.0. The Labute approximate surface area is 178 Å². The first-order chi connectivity index (χ1) is 13.9. The van der Waals surface area contributed by atoms with Crippen LogP contribution >= 0.6 is 0 Å². The third-order valence-corrected chi connectivity index (χ3v) is 11.0. The van der Waals surface area contributed by atoms with Gasteiger partial charge in [-0.05, 0) is 117 Å². The third kappa shape index (κ3) is 3.36. The zero-order valence-electron chi connectivity index (χ0n) is 18.9. The van der Waals surface area contributed by atoms with Crippen LogP contribution in [0, 0.1) is 40.4 Å². The summed E-state index contributed by atoms with van der Waals surface area (Å²) in [6.45, 7) is 5.18. The van der Waals surface area contributed by atoms with Crippen molar-refractivity contribution in [3.05, 3.63) is 11.6 Å². The number of aliphatic hydroxyl groups excluding tert-OH is 2. The standard InChI is InChI=1S/C27H44O2/c1-26-16-14-24-22(11-9-20-17-21(28)13-15-27(20,24)2)23(26)12-10-19(26)7-4-8-25(29)18-5-3-6-18/h9,18-19,21-25,28-29H,3-8,10-17H2,1-2H3/t19-,21?,22-,23?,24?,25?,26+,27-/m0/s1. The van der Waals surface area contributed by atoms with Crippen molar-refractivity contribution in [1.82, 2.24) is 0 Å². The fraction of sp³-hybridized carbons (Fsp3) is 0.926. The van der Waals surface area contributed by atoms with Gasteiger partial charge in [-0.1, -0.05) is 38.3 Å². The van der Waals surface area contributed by atoms with Gasteiger partial charge < -0.3 is 10.2 Å². The van der Waals surface area contributed by atoms with Crippen molar-refractivity contribution in [2.75, 3.05) is 0 Å². The second kappa shape index (κ2) is 7.66. The van der Waals surface area contributed by atoms with E-state index in [-0.39, 0.29) is 12.2 Å². The van der Waals surface area contributed by atoms with Gasteiger partial charge in [0.15, 0.2) is 0 Å². The molecule has 164 valence electrons. The molecule has 0 bridgehead atoms. The Kier molecular flexibility index (Phi) is 5.43. The Bertz CT molecular complexity index is 636. The van der Waals surface area contributed by atoms with E-state index in [0.29, 0.717) is 16.7 Å². The molecule has 5 aliphatic rings. The fourth-order valence-electron chi connectivity index (χ4n) is 8.86. The lowest BCUT2D eigenvalue weighted by atomic mass is 9.47. The lowest BCUT2D eigenvalue weighted by molar-refractivity contribution is -0.0514. The van der Waals surface area contributed by atoms with Crippen LogP contribution in [0.1, 0.15) is 104 Å². The number of fused-ring (bicyclic) bond motifs is 5. The highest BCUT2D eigenvalue weighted by Gasteiger charge is 2.58. The van der Waals surface area contributed by atoms with Crippen LogP contribution in [-0.4, -0.2) is 22.4 Å². The first-order valence-electron chi connectivity index (χ1n) is 13.0. The number of rotatable bonds is 5. The second-order valence-electron chi connectivity index (χ2n) is 12.2. The lowest BCUT2D eigenvalue weighted by Gasteiger charge is -2.58. The van der Waals surface area contributed by atoms with E-state index in [1.807, 2.05) is 0 Å². The Balaban J connectivity index is 1.24. The molecule has 0 aromatic carbocycles. The molecule has 0 aliphatic heterocycles.